The van der Waals surface area contributed by atoms with Gasteiger partial charge in [-0.25, -0.2) is 4.39 Å². The van der Waals surface area contributed by atoms with E-state index < -0.39 is 16.9 Å². The van der Waals surface area contributed by atoms with Gasteiger partial charge < -0.3 is 5.32 Å². The third kappa shape index (κ3) is 5.07. The number of halogens is 1. The molecule has 0 aliphatic heterocycles. The molecule has 3 rings (SSSR count). The molecule has 0 heterocycles. The predicted molar refractivity (Wildman–Crippen MR) is 114 cm³/mol. The minimum atomic E-state index is -0.697. The number of nitro benzene ring substituents is 1. The van der Waals surface area contributed by atoms with Crippen molar-refractivity contribution in [1.82, 2.24) is 4.90 Å². The van der Waals surface area contributed by atoms with Gasteiger partial charge in [0, 0.05) is 12.6 Å². The number of rotatable bonds is 7. The fraction of sp³-hybridized carbons (Fsp3) is 0.174. The van der Waals surface area contributed by atoms with E-state index in [9.17, 15) is 19.3 Å². The number of hydrogen-bond acceptors (Lipinski definition) is 4. The number of nitrogens with one attached hydrogen (secondary N) is 1. The summed E-state index contributed by atoms with van der Waals surface area (Å²) in [6.07, 6.45) is 0. The molecule has 1 atom stereocenters. The molecule has 0 bridgehead atoms. The summed E-state index contributed by atoms with van der Waals surface area (Å²) in [5.41, 5.74) is 2.30. The summed E-state index contributed by atoms with van der Waals surface area (Å²) in [6.45, 7) is 2.14. The van der Waals surface area contributed by atoms with Crippen molar-refractivity contribution in [3.63, 3.8) is 0 Å². The van der Waals surface area contributed by atoms with Crippen LogP contribution in [0.4, 0.5) is 15.8 Å². The van der Waals surface area contributed by atoms with Gasteiger partial charge in [0.05, 0.1) is 4.92 Å². The number of nitro groups is 1. The first-order chi connectivity index (χ1) is 14.3. The van der Waals surface area contributed by atoms with Crippen molar-refractivity contribution in [2.75, 3.05) is 12.4 Å². The number of carbonyl (C=O) groups is 1. The van der Waals surface area contributed by atoms with Crippen LogP contribution < -0.4 is 5.32 Å². The fourth-order valence-corrected chi connectivity index (χ4v) is 3.31. The SMILES string of the molecule is Cc1ccc(NC(=O)C(c2ccccc2)N(C)Cc2ccc(F)cc2)c([N+](=O)[O-])c1. The second-order valence-electron chi connectivity index (χ2n) is 7.12. The number of aryl methyl sites for hydroxylation is 1. The van der Waals surface area contributed by atoms with Crippen molar-refractivity contribution in [2.45, 2.75) is 19.5 Å². The second kappa shape index (κ2) is 9.28. The average Bonchev–Trinajstić information content (AvgIpc) is 2.72. The lowest BCUT2D eigenvalue weighted by Crippen LogP contribution is -2.34. The minimum absolute atomic E-state index is 0.145. The van der Waals surface area contributed by atoms with Crippen molar-refractivity contribution in [3.8, 4) is 0 Å². The first-order valence-electron chi connectivity index (χ1n) is 9.40. The molecule has 0 aliphatic rings. The van der Waals surface area contributed by atoms with Crippen LogP contribution in [0.15, 0.2) is 72.8 Å². The van der Waals surface area contributed by atoms with Gasteiger partial charge in [-0.15, -0.1) is 0 Å². The summed E-state index contributed by atoms with van der Waals surface area (Å²) in [4.78, 5) is 25.9. The molecule has 1 amide bonds. The van der Waals surface area contributed by atoms with E-state index in [4.69, 9.17) is 0 Å². The maximum absolute atomic E-state index is 13.2. The summed E-state index contributed by atoms with van der Waals surface area (Å²) >= 11 is 0. The van der Waals surface area contributed by atoms with Gasteiger partial charge in [0.25, 0.3) is 5.69 Å². The molecule has 1 unspecified atom stereocenters. The summed E-state index contributed by atoms with van der Waals surface area (Å²) in [6, 6.07) is 19.2. The Morgan fingerprint density at radius 1 is 1.10 bits per heavy atom. The normalized spacial score (nSPS) is 11.9. The van der Waals surface area contributed by atoms with Gasteiger partial charge >= 0.3 is 0 Å². The quantitative estimate of drug-likeness (QED) is 0.449. The van der Waals surface area contributed by atoms with Crippen molar-refractivity contribution >= 4 is 17.3 Å². The third-order valence-corrected chi connectivity index (χ3v) is 4.76. The Hall–Kier alpha value is -3.58. The van der Waals surface area contributed by atoms with Crippen LogP contribution in [-0.4, -0.2) is 22.8 Å². The van der Waals surface area contributed by atoms with E-state index >= 15 is 0 Å². The fourth-order valence-electron chi connectivity index (χ4n) is 3.31. The zero-order chi connectivity index (χ0) is 21.7. The van der Waals surface area contributed by atoms with Gasteiger partial charge in [0.15, 0.2) is 0 Å². The zero-order valence-corrected chi connectivity index (χ0v) is 16.7. The van der Waals surface area contributed by atoms with Gasteiger partial charge in [-0.1, -0.05) is 48.5 Å². The molecule has 0 saturated carbocycles. The summed E-state index contributed by atoms with van der Waals surface area (Å²) in [5.74, 6) is -0.719. The molecule has 30 heavy (non-hydrogen) atoms. The van der Waals surface area contributed by atoms with Crippen LogP contribution >= 0.6 is 0 Å². The number of amides is 1. The largest absolute Gasteiger partial charge is 0.319 e. The highest BCUT2D eigenvalue weighted by atomic mass is 19.1. The molecular formula is C23H22FN3O3. The zero-order valence-electron chi connectivity index (χ0n) is 16.7. The van der Waals surface area contributed by atoms with Crippen molar-refractivity contribution < 1.29 is 14.1 Å². The molecule has 6 nitrogen and oxygen atoms in total. The van der Waals surface area contributed by atoms with Crippen molar-refractivity contribution in [1.29, 1.82) is 0 Å². The second-order valence-corrected chi connectivity index (χ2v) is 7.12. The molecule has 7 heteroatoms. The van der Waals surface area contributed by atoms with Crippen LogP contribution in [0.2, 0.25) is 0 Å². The number of nitrogens with zero attached hydrogens (tertiary/aromatic N) is 2. The molecule has 0 radical (unpaired) electrons. The van der Waals surface area contributed by atoms with Crippen LogP contribution in [0.5, 0.6) is 0 Å². The molecule has 0 spiro atoms. The van der Waals surface area contributed by atoms with E-state index in [0.29, 0.717) is 6.54 Å². The van der Waals surface area contributed by atoms with Crippen LogP contribution in [-0.2, 0) is 11.3 Å². The van der Waals surface area contributed by atoms with Gasteiger partial charge in [0.2, 0.25) is 5.91 Å². The predicted octanol–water partition coefficient (Wildman–Crippen LogP) is 4.85. The molecule has 0 saturated heterocycles. The van der Waals surface area contributed by atoms with Gasteiger partial charge in [0.1, 0.15) is 17.5 Å². The number of anilines is 1. The molecule has 3 aromatic carbocycles. The Balaban J connectivity index is 1.90. The van der Waals surface area contributed by atoms with E-state index in [-0.39, 0.29) is 17.2 Å². The Kier molecular flexibility index (Phi) is 6.54. The van der Waals surface area contributed by atoms with Crippen LogP contribution in [0, 0.1) is 22.9 Å². The monoisotopic (exact) mass is 407 g/mol. The maximum atomic E-state index is 13.2. The van der Waals surface area contributed by atoms with Crippen molar-refractivity contribution in [3.05, 3.63) is 105 Å². The van der Waals surface area contributed by atoms with E-state index in [0.717, 1.165) is 16.7 Å². The lowest BCUT2D eigenvalue weighted by molar-refractivity contribution is -0.384. The minimum Gasteiger partial charge on any atom is -0.319 e. The van der Waals surface area contributed by atoms with Gasteiger partial charge in [-0.3, -0.25) is 19.8 Å². The maximum Gasteiger partial charge on any atom is 0.293 e. The lowest BCUT2D eigenvalue weighted by atomic mass is 10.0. The Morgan fingerprint density at radius 3 is 2.40 bits per heavy atom. The third-order valence-electron chi connectivity index (χ3n) is 4.76. The molecule has 154 valence electrons. The summed E-state index contributed by atoms with van der Waals surface area (Å²) < 4.78 is 13.2. The number of likely N-dealkylation sites (N-methyl/N-ethyl adjacent to an activating group) is 1. The van der Waals surface area contributed by atoms with E-state index in [1.807, 2.05) is 35.2 Å². The Morgan fingerprint density at radius 2 is 1.77 bits per heavy atom. The smallest absolute Gasteiger partial charge is 0.293 e. The number of carbonyl (C=O) groups excluding carboxylic acids is 1. The standard InChI is InChI=1S/C23H22FN3O3/c1-16-8-13-20(21(14-16)27(29)30)25-23(28)22(18-6-4-3-5-7-18)26(2)15-17-9-11-19(24)12-10-17/h3-14,22H,15H2,1-2H3,(H,25,28). The highest BCUT2D eigenvalue weighted by Crippen LogP contribution is 2.28. The van der Waals surface area contributed by atoms with Crippen molar-refractivity contribution in [2.24, 2.45) is 0 Å². The molecule has 0 aromatic heterocycles. The van der Waals surface area contributed by atoms with Gasteiger partial charge in [-0.05, 0) is 48.9 Å². The summed E-state index contributed by atoms with van der Waals surface area (Å²) in [7, 11) is 1.78. The first kappa shape index (κ1) is 21.1. The number of benzene rings is 3. The highest BCUT2D eigenvalue weighted by molar-refractivity contribution is 5.97. The Bertz CT molecular complexity index is 1040. The van der Waals surface area contributed by atoms with E-state index in [1.54, 1.807) is 32.2 Å². The van der Waals surface area contributed by atoms with Gasteiger partial charge in [-0.2, -0.15) is 0 Å². The van der Waals surface area contributed by atoms with Crippen LogP contribution in [0.25, 0.3) is 0 Å². The Labute approximate surface area is 174 Å². The summed E-state index contributed by atoms with van der Waals surface area (Å²) in [5, 5.41) is 14.1. The average molecular weight is 407 g/mol. The topological polar surface area (TPSA) is 75.5 Å². The molecule has 0 fully saturated rings. The molecule has 0 aliphatic carbocycles. The highest BCUT2D eigenvalue weighted by Gasteiger charge is 2.27. The molecule has 3 aromatic rings. The van der Waals surface area contributed by atoms with Crippen LogP contribution in [0.3, 0.4) is 0 Å². The van der Waals surface area contributed by atoms with E-state index in [2.05, 4.69) is 5.32 Å². The first-order valence-corrected chi connectivity index (χ1v) is 9.40. The molecule has 1 N–H and O–H groups in total. The lowest BCUT2D eigenvalue weighted by Gasteiger charge is -2.27. The number of hydrogen-bond donors (Lipinski definition) is 1. The van der Waals surface area contributed by atoms with E-state index in [1.165, 1.54) is 24.3 Å². The molecular weight excluding hydrogens is 385 g/mol. The van der Waals surface area contributed by atoms with Crippen LogP contribution in [0.1, 0.15) is 22.7 Å².